The van der Waals surface area contributed by atoms with Crippen LogP contribution in [0.25, 0.3) is 0 Å². The van der Waals surface area contributed by atoms with Crippen molar-refractivity contribution >= 4 is 5.97 Å². The van der Waals surface area contributed by atoms with Gasteiger partial charge in [0.2, 0.25) is 0 Å². The van der Waals surface area contributed by atoms with E-state index in [-0.39, 0.29) is 12.3 Å². The van der Waals surface area contributed by atoms with Crippen LogP contribution in [-0.2, 0) is 11.2 Å². The molecule has 0 unspecified atom stereocenters. The molecule has 0 amide bonds. The van der Waals surface area contributed by atoms with E-state index in [1.54, 1.807) is 7.11 Å². The Morgan fingerprint density at radius 2 is 2.00 bits per heavy atom. The van der Waals surface area contributed by atoms with Crippen molar-refractivity contribution in [3.63, 3.8) is 0 Å². The van der Waals surface area contributed by atoms with Crippen LogP contribution in [0.15, 0.2) is 24.3 Å². The summed E-state index contributed by atoms with van der Waals surface area (Å²) in [7, 11) is 1.63. The number of benzene rings is 1. The monoisotopic (exact) mass is 208 g/mol. The first kappa shape index (κ1) is 11.6. The topological polar surface area (TPSA) is 46.5 Å². The van der Waals surface area contributed by atoms with Crippen molar-refractivity contribution in [3.05, 3.63) is 29.8 Å². The fourth-order valence-electron chi connectivity index (χ4n) is 1.53. The Bertz CT molecular complexity index is 316. The predicted octanol–water partition coefficient (Wildman–Crippen LogP) is 2.35. The van der Waals surface area contributed by atoms with E-state index < -0.39 is 5.97 Å². The molecular formula is C12H16O3. The lowest BCUT2D eigenvalue weighted by Gasteiger charge is -2.08. The Labute approximate surface area is 89.7 Å². The summed E-state index contributed by atoms with van der Waals surface area (Å²) in [5.74, 6) is 0.247. The van der Waals surface area contributed by atoms with Gasteiger partial charge in [0, 0.05) is 6.42 Å². The van der Waals surface area contributed by atoms with Gasteiger partial charge in [0.15, 0.2) is 0 Å². The zero-order valence-corrected chi connectivity index (χ0v) is 9.06. The van der Waals surface area contributed by atoms with Crippen molar-refractivity contribution < 1.29 is 14.6 Å². The van der Waals surface area contributed by atoms with Crippen molar-refractivity contribution in [3.8, 4) is 5.75 Å². The lowest BCUT2D eigenvalue weighted by molar-refractivity contribution is -0.137. The number of carboxylic acids is 1. The number of rotatable bonds is 5. The molecular weight excluding hydrogens is 192 g/mol. The Hall–Kier alpha value is -1.51. The highest BCUT2D eigenvalue weighted by Crippen LogP contribution is 2.16. The number of methoxy groups -OCH3 is 1. The van der Waals surface area contributed by atoms with Crippen LogP contribution in [0.4, 0.5) is 0 Å². The van der Waals surface area contributed by atoms with E-state index in [9.17, 15) is 4.79 Å². The molecule has 82 valence electrons. The quantitative estimate of drug-likeness (QED) is 0.807. The van der Waals surface area contributed by atoms with Gasteiger partial charge in [-0.3, -0.25) is 4.79 Å². The van der Waals surface area contributed by atoms with Gasteiger partial charge in [-0.15, -0.1) is 0 Å². The fraction of sp³-hybridized carbons (Fsp3) is 0.417. The molecule has 0 saturated carbocycles. The minimum absolute atomic E-state index is 0.163. The Morgan fingerprint density at radius 3 is 2.47 bits per heavy atom. The number of hydrogen-bond acceptors (Lipinski definition) is 2. The van der Waals surface area contributed by atoms with E-state index in [0.717, 1.165) is 17.7 Å². The SMILES string of the molecule is COc1ccc(C[C@H](C)CC(=O)O)cc1. The molecule has 1 aromatic carbocycles. The zero-order valence-electron chi connectivity index (χ0n) is 9.06. The molecule has 1 atom stereocenters. The Morgan fingerprint density at radius 1 is 1.40 bits per heavy atom. The van der Waals surface area contributed by atoms with Gasteiger partial charge >= 0.3 is 5.97 Å². The summed E-state index contributed by atoms with van der Waals surface area (Å²) in [5.41, 5.74) is 1.14. The minimum atomic E-state index is -0.740. The molecule has 0 fully saturated rings. The second-order valence-corrected chi connectivity index (χ2v) is 3.76. The summed E-state index contributed by atoms with van der Waals surface area (Å²) in [5, 5.41) is 8.62. The van der Waals surface area contributed by atoms with Crippen LogP contribution < -0.4 is 4.74 Å². The van der Waals surface area contributed by atoms with Gasteiger partial charge in [0.1, 0.15) is 5.75 Å². The lowest BCUT2D eigenvalue weighted by atomic mass is 9.98. The normalized spacial score (nSPS) is 12.1. The molecule has 0 aliphatic carbocycles. The molecule has 0 spiro atoms. The van der Waals surface area contributed by atoms with Gasteiger partial charge in [-0.1, -0.05) is 19.1 Å². The van der Waals surface area contributed by atoms with Gasteiger partial charge < -0.3 is 9.84 Å². The maximum atomic E-state index is 10.5. The van der Waals surface area contributed by atoms with Crippen LogP contribution in [0.5, 0.6) is 5.75 Å². The average molecular weight is 208 g/mol. The second-order valence-electron chi connectivity index (χ2n) is 3.76. The predicted molar refractivity (Wildman–Crippen MR) is 58.1 cm³/mol. The molecule has 3 heteroatoms. The number of carbonyl (C=O) groups is 1. The van der Waals surface area contributed by atoms with Crippen LogP contribution >= 0.6 is 0 Å². The Kier molecular flexibility index (Phi) is 4.16. The first-order chi connectivity index (χ1) is 7.11. The van der Waals surface area contributed by atoms with Crippen molar-refractivity contribution in [2.45, 2.75) is 19.8 Å². The maximum Gasteiger partial charge on any atom is 0.303 e. The van der Waals surface area contributed by atoms with Gasteiger partial charge in [-0.25, -0.2) is 0 Å². The van der Waals surface area contributed by atoms with Gasteiger partial charge in [0.25, 0.3) is 0 Å². The highest BCUT2D eigenvalue weighted by atomic mass is 16.5. The Balaban J connectivity index is 2.53. The standard InChI is InChI=1S/C12H16O3/c1-9(8-12(13)14)7-10-3-5-11(15-2)6-4-10/h3-6,9H,7-8H2,1-2H3,(H,13,14)/t9-/m0/s1. The van der Waals surface area contributed by atoms with Crippen molar-refractivity contribution in [1.82, 2.24) is 0 Å². The first-order valence-electron chi connectivity index (χ1n) is 4.96. The lowest BCUT2D eigenvalue weighted by Crippen LogP contribution is -2.06. The number of aliphatic carboxylic acids is 1. The van der Waals surface area contributed by atoms with E-state index in [1.165, 1.54) is 0 Å². The van der Waals surface area contributed by atoms with Crippen LogP contribution in [0.2, 0.25) is 0 Å². The fourth-order valence-corrected chi connectivity index (χ4v) is 1.53. The van der Waals surface area contributed by atoms with Crippen LogP contribution in [0.3, 0.4) is 0 Å². The van der Waals surface area contributed by atoms with Crippen LogP contribution in [-0.4, -0.2) is 18.2 Å². The van der Waals surface area contributed by atoms with Crippen molar-refractivity contribution in [1.29, 1.82) is 0 Å². The molecule has 0 radical (unpaired) electrons. The number of carboxylic acid groups (broad SMARTS) is 1. The van der Waals surface area contributed by atoms with Gasteiger partial charge in [0.05, 0.1) is 7.11 Å². The third kappa shape index (κ3) is 4.02. The van der Waals surface area contributed by atoms with Gasteiger partial charge in [-0.05, 0) is 30.0 Å². The van der Waals surface area contributed by atoms with E-state index in [4.69, 9.17) is 9.84 Å². The summed E-state index contributed by atoms with van der Waals surface area (Å²) in [6.07, 6.45) is 1.00. The molecule has 0 saturated heterocycles. The summed E-state index contributed by atoms with van der Waals surface area (Å²) in [6, 6.07) is 7.72. The summed E-state index contributed by atoms with van der Waals surface area (Å²) < 4.78 is 5.04. The zero-order chi connectivity index (χ0) is 11.3. The summed E-state index contributed by atoms with van der Waals surface area (Å²) >= 11 is 0. The van der Waals surface area contributed by atoms with E-state index in [2.05, 4.69) is 0 Å². The summed E-state index contributed by atoms with van der Waals surface area (Å²) in [4.78, 5) is 10.5. The molecule has 0 aromatic heterocycles. The number of ether oxygens (including phenoxy) is 1. The summed E-state index contributed by atoms with van der Waals surface area (Å²) in [6.45, 7) is 1.94. The van der Waals surface area contributed by atoms with E-state index >= 15 is 0 Å². The highest BCUT2D eigenvalue weighted by molar-refractivity contribution is 5.67. The van der Waals surface area contributed by atoms with Crippen LogP contribution in [0.1, 0.15) is 18.9 Å². The van der Waals surface area contributed by atoms with Crippen molar-refractivity contribution in [2.75, 3.05) is 7.11 Å². The van der Waals surface area contributed by atoms with E-state index in [1.807, 2.05) is 31.2 Å². The van der Waals surface area contributed by atoms with E-state index in [0.29, 0.717) is 0 Å². The van der Waals surface area contributed by atoms with Gasteiger partial charge in [-0.2, -0.15) is 0 Å². The molecule has 1 rings (SSSR count). The minimum Gasteiger partial charge on any atom is -0.497 e. The average Bonchev–Trinajstić information content (AvgIpc) is 2.17. The molecule has 0 aliphatic rings. The third-order valence-corrected chi connectivity index (χ3v) is 2.27. The van der Waals surface area contributed by atoms with Crippen molar-refractivity contribution in [2.24, 2.45) is 5.92 Å². The maximum absolute atomic E-state index is 10.5. The highest BCUT2D eigenvalue weighted by Gasteiger charge is 2.08. The molecule has 0 heterocycles. The first-order valence-corrected chi connectivity index (χ1v) is 4.96. The number of hydrogen-bond donors (Lipinski definition) is 1. The largest absolute Gasteiger partial charge is 0.497 e. The van der Waals surface area contributed by atoms with Crippen LogP contribution in [0, 0.1) is 5.92 Å². The third-order valence-electron chi connectivity index (χ3n) is 2.27. The molecule has 1 aromatic rings. The molecule has 1 N–H and O–H groups in total. The second kappa shape index (κ2) is 5.39. The molecule has 0 bridgehead atoms. The molecule has 3 nitrogen and oxygen atoms in total. The molecule has 15 heavy (non-hydrogen) atoms. The molecule has 0 aliphatic heterocycles. The smallest absolute Gasteiger partial charge is 0.303 e.